The van der Waals surface area contributed by atoms with Crippen molar-refractivity contribution in [2.45, 2.75) is 51.0 Å². The monoisotopic (exact) mass is 268 g/mol. The van der Waals surface area contributed by atoms with Gasteiger partial charge in [-0.2, -0.15) is 0 Å². The summed E-state index contributed by atoms with van der Waals surface area (Å²) in [7, 11) is 2.15. The van der Waals surface area contributed by atoms with Crippen molar-refractivity contribution in [3.8, 4) is 0 Å². The molecule has 2 rings (SSSR count). The van der Waals surface area contributed by atoms with E-state index in [0.29, 0.717) is 30.9 Å². The molecule has 1 aliphatic carbocycles. The van der Waals surface area contributed by atoms with Gasteiger partial charge in [-0.1, -0.05) is 0 Å². The van der Waals surface area contributed by atoms with E-state index < -0.39 is 0 Å². The predicted molar refractivity (Wildman–Crippen MR) is 75.8 cm³/mol. The lowest BCUT2D eigenvalue weighted by molar-refractivity contribution is -0.122. The lowest BCUT2D eigenvalue weighted by Crippen LogP contribution is -2.38. The minimum atomic E-state index is 0.224. The molecular weight excluding hydrogens is 240 g/mol. The number of hydrogen-bond donors (Lipinski definition) is 2. The van der Waals surface area contributed by atoms with Gasteiger partial charge in [0.1, 0.15) is 0 Å². The topological polar surface area (TPSA) is 52.6 Å². The van der Waals surface area contributed by atoms with Crippen LogP contribution in [0.3, 0.4) is 0 Å². The number of hydrogen-bond acceptors (Lipinski definition) is 3. The number of carbonyl (C=O) groups excluding carboxylic acids is 1. The summed E-state index contributed by atoms with van der Waals surface area (Å²) in [5.41, 5.74) is 0. The molecule has 0 aromatic heterocycles. The van der Waals surface area contributed by atoms with Crippen LogP contribution in [0, 0.1) is 11.8 Å². The highest BCUT2D eigenvalue weighted by Gasteiger charge is 2.23. The highest BCUT2D eigenvalue weighted by Crippen LogP contribution is 2.24. The fraction of sp³-hybridized carbons (Fsp3) is 0.933. The van der Waals surface area contributed by atoms with Crippen LogP contribution < -0.4 is 5.32 Å². The second-order valence-electron chi connectivity index (χ2n) is 6.42. The van der Waals surface area contributed by atoms with Gasteiger partial charge in [-0.05, 0) is 64.0 Å². The highest BCUT2D eigenvalue weighted by molar-refractivity contribution is 5.76. The quantitative estimate of drug-likeness (QED) is 0.792. The molecule has 1 atom stereocenters. The molecule has 0 bridgehead atoms. The summed E-state index contributed by atoms with van der Waals surface area (Å²) in [5.74, 6) is 1.39. The molecule has 1 unspecified atom stereocenters. The zero-order valence-electron chi connectivity index (χ0n) is 12.1. The van der Waals surface area contributed by atoms with Gasteiger partial charge in [-0.25, -0.2) is 0 Å². The van der Waals surface area contributed by atoms with Gasteiger partial charge in [-0.3, -0.25) is 4.79 Å². The summed E-state index contributed by atoms with van der Waals surface area (Å²) in [6.45, 7) is 2.63. The normalized spacial score (nSPS) is 32.4. The predicted octanol–water partition coefficient (Wildman–Crippen LogP) is 1.39. The van der Waals surface area contributed by atoms with Gasteiger partial charge in [0.05, 0.1) is 0 Å². The number of nitrogens with one attached hydrogen (secondary N) is 1. The van der Waals surface area contributed by atoms with Gasteiger partial charge in [0, 0.05) is 25.6 Å². The molecule has 0 aromatic carbocycles. The number of nitrogens with zero attached hydrogens (tertiary/aromatic N) is 1. The summed E-state index contributed by atoms with van der Waals surface area (Å²) < 4.78 is 0. The Bertz CT molecular complexity index is 288. The molecule has 1 aliphatic heterocycles. The van der Waals surface area contributed by atoms with Crippen molar-refractivity contribution in [1.29, 1.82) is 0 Å². The number of rotatable bonds is 5. The van der Waals surface area contributed by atoms with Crippen LogP contribution in [-0.2, 0) is 4.79 Å². The molecule has 110 valence electrons. The summed E-state index contributed by atoms with van der Waals surface area (Å²) in [6.07, 6.45) is 7.11. The number of aliphatic hydroxyl groups excluding tert-OH is 1. The molecule has 2 N–H and O–H groups in total. The maximum Gasteiger partial charge on any atom is 0.220 e. The van der Waals surface area contributed by atoms with E-state index in [-0.39, 0.29) is 5.91 Å². The van der Waals surface area contributed by atoms with E-state index in [1.165, 1.54) is 13.0 Å². The van der Waals surface area contributed by atoms with Crippen molar-refractivity contribution in [2.24, 2.45) is 11.8 Å². The Morgan fingerprint density at radius 3 is 2.53 bits per heavy atom. The molecule has 0 radical (unpaired) electrons. The number of likely N-dealkylation sites (tertiary alicyclic amines) is 1. The third kappa shape index (κ3) is 4.77. The zero-order chi connectivity index (χ0) is 13.7. The van der Waals surface area contributed by atoms with Crippen LogP contribution in [0.2, 0.25) is 0 Å². The largest absolute Gasteiger partial charge is 0.396 e. The first-order valence-electron chi connectivity index (χ1n) is 7.76. The zero-order valence-corrected chi connectivity index (χ0v) is 12.1. The Hall–Kier alpha value is -0.610. The standard InChI is InChI=1S/C15H28N2O2/c1-17-9-8-12(10-17)4-7-15(19)16-14-5-2-13(11-18)3-6-14/h12-14,18H,2-11H2,1H3,(H,16,19). The van der Waals surface area contributed by atoms with Gasteiger partial charge in [0.2, 0.25) is 5.91 Å². The van der Waals surface area contributed by atoms with Crippen LogP contribution in [0.4, 0.5) is 0 Å². The molecular formula is C15H28N2O2. The summed E-state index contributed by atoms with van der Waals surface area (Å²) >= 11 is 0. The lowest BCUT2D eigenvalue weighted by atomic mass is 9.86. The lowest BCUT2D eigenvalue weighted by Gasteiger charge is -2.28. The molecule has 2 fully saturated rings. The first-order chi connectivity index (χ1) is 9.17. The average Bonchev–Trinajstić information content (AvgIpc) is 2.83. The molecule has 19 heavy (non-hydrogen) atoms. The summed E-state index contributed by atoms with van der Waals surface area (Å²) in [6, 6.07) is 0.349. The average molecular weight is 268 g/mol. The van der Waals surface area contributed by atoms with E-state index in [1.807, 2.05) is 0 Å². The minimum absolute atomic E-state index is 0.224. The van der Waals surface area contributed by atoms with E-state index in [9.17, 15) is 4.79 Å². The Kier molecular flexibility index (Phi) is 5.64. The van der Waals surface area contributed by atoms with Crippen LogP contribution in [0.1, 0.15) is 44.9 Å². The van der Waals surface area contributed by atoms with E-state index in [1.54, 1.807) is 0 Å². The van der Waals surface area contributed by atoms with E-state index in [4.69, 9.17) is 5.11 Å². The smallest absolute Gasteiger partial charge is 0.220 e. The van der Waals surface area contributed by atoms with Gasteiger partial charge in [0.15, 0.2) is 0 Å². The van der Waals surface area contributed by atoms with Crippen LogP contribution in [-0.4, -0.2) is 48.7 Å². The van der Waals surface area contributed by atoms with Gasteiger partial charge >= 0.3 is 0 Å². The Labute approximate surface area is 116 Å². The number of amides is 1. The molecule has 2 aliphatic rings. The molecule has 1 heterocycles. The van der Waals surface area contributed by atoms with E-state index >= 15 is 0 Å². The molecule has 4 heteroatoms. The van der Waals surface area contributed by atoms with E-state index in [0.717, 1.165) is 38.6 Å². The van der Waals surface area contributed by atoms with E-state index in [2.05, 4.69) is 17.3 Å². The van der Waals surface area contributed by atoms with Crippen LogP contribution in [0.15, 0.2) is 0 Å². The minimum Gasteiger partial charge on any atom is -0.396 e. The van der Waals surface area contributed by atoms with Crippen LogP contribution >= 0.6 is 0 Å². The third-order valence-electron chi connectivity index (χ3n) is 4.74. The Balaban J connectivity index is 1.59. The van der Waals surface area contributed by atoms with Crippen molar-refractivity contribution >= 4 is 5.91 Å². The maximum absolute atomic E-state index is 11.9. The first kappa shape index (κ1) is 14.8. The van der Waals surface area contributed by atoms with Gasteiger partial charge < -0.3 is 15.3 Å². The van der Waals surface area contributed by atoms with Crippen LogP contribution in [0.25, 0.3) is 0 Å². The third-order valence-corrected chi connectivity index (χ3v) is 4.74. The molecule has 1 saturated carbocycles. The fourth-order valence-corrected chi connectivity index (χ4v) is 3.39. The highest BCUT2D eigenvalue weighted by atomic mass is 16.3. The van der Waals surface area contributed by atoms with Crippen molar-refractivity contribution in [3.63, 3.8) is 0 Å². The van der Waals surface area contributed by atoms with Gasteiger partial charge in [0.25, 0.3) is 0 Å². The SMILES string of the molecule is CN1CCC(CCC(=O)NC2CCC(CO)CC2)C1. The van der Waals surface area contributed by atoms with Gasteiger partial charge in [-0.15, -0.1) is 0 Å². The molecule has 4 nitrogen and oxygen atoms in total. The van der Waals surface area contributed by atoms with Crippen molar-refractivity contribution in [1.82, 2.24) is 10.2 Å². The fourth-order valence-electron chi connectivity index (χ4n) is 3.39. The molecule has 0 spiro atoms. The summed E-state index contributed by atoms with van der Waals surface area (Å²) in [4.78, 5) is 14.3. The van der Waals surface area contributed by atoms with Crippen molar-refractivity contribution < 1.29 is 9.90 Å². The Morgan fingerprint density at radius 2 is 1.95 bits per heavy atom. The summed E-state index contributed by atoms with van der Waals surface area (Å²) in [5, 5.41) is 12.3. The molecule has 0 aromatic rings. The van der Waals surface area contributed by atoms with Crippen molar-refractivity contribution in [3.05, 3.63) is 0 Å². The number of carbonyl (C=O) groups is 1. The molecule has 1 amide bonds. The van der Waals surface area contributed by atoms with Crippen LogP contribution in [0.5, 0.6) is 0 Å². The second kappa shape index (κ2) is 7.25. The molecule has 1 saturated heterocycles. The Morgan fingerprint density at radius 1 is 1.21 bits per heavy atom. The van der Waals surface area contributed by atoms with Crippen molar-refractivity contribution in [2.75, 3.05) is 26.7 Å². The first-order valence-corrected chi connectivity index (χ1v) is 7.76. The number of aliphatic hydroxyl groups is 1. The maximum atomic E-state index is 11.9. The second-order valence-corrected chi connectivity index (χ2v) is 6.42.